The maximum Gasteiger partial charge on any atom is 0.0866 e. The molecule has 1 aromatic rings. The van der Waals surface area contributed by atoms with Gasteiger partial charge in [0.25, 0.3) is 0 Å². The van der Waals surface area contributed by atoms with Crippen LogP contribution in [-0.2, 0) is 10.2 Å². The predicted molar refractivity (Wildman–Crippen MR) is 94.8 cm³/mol. The first-order valence-corrected chi connectivity index (χ1v) is 9.76. The number of thioether (sulfide) groups is 1. The maximum absolute atomic E-state index is 9.63. The fraction of sp³-hybridized carbons (Fsp3) is 0.632. The van der Waals surface area contributed by atoms with Crippen molar-refractivity contribution in [2.75, 3.05) is 38.6 Å². The van der Waals surface area contributed by atoms with Crippen molar-refractivity contribution >= 4 is 11.8 Å². The van der Waals surface area contributed by atoms with Crippen molar-refractivity contribution in [2.45, 2.75) is 42.4 Å². The van der Waals surface area contributed by atoms with Gasteiger partial charge >= 0.3 is 0 Å². The Hall–Kier alpha value is -1.02. The normalized spacial score (nSPS) is 21.2. The third-order valence-corrected chi connectivity index (χ3v) is 6.15. The quantitative estimate of drug-likeness (QED) is 0.586. The van der Waals surface area contributed by atoms with E-state index >= 15 is 0 Å². The van der Waals surface area contributed by atoms with Gasteiger partial charge in [-0.15, -0.1) is 11.8 Å². The summed E-state index contributed by atoms with van der Waals surface area (Å²) in [6.45, 7) is 5.21. The standard InChI is InChI=1S/C19H26N2OS/c20-16-19(8-13-22-14-9-19)17-4-6-18(7-5-17)23-15-3-12-21-10-1-2-11-21/h4-7H,1-3,8-15H2. The SMILES string of the molecule is N#CC1(c2ccc(SCCCN3CCCC3)cc2)CCOCC1. The lowest BCUT2D eigenvalue weighted by Crippen LogP contribution is -2.32. The Morgan fingerprint density at radius 2 is 1.83 bits per heavy atom. The molecule has 0 aliphatic carbocycles. The van der Waals surface area contributed by atoms with Crippen LogP contribution in [0.1, 0.15) is 37.7 Å². The van der Waals surface area contributed by atoms with E-state index in [0.29, 0.717) is 13.2 Å². The highest BCUT2D eigenvalue weighted by atomic mass is 32.2. The molecular weight excluding hydrogens is 304 g/mol. The highest BCUT2D eigenvalue weighted by molar-refractivity contribution is 7.99. The van der Waals surface area contributed by atoms with Gasteiger partial charge in [-0.25, -0.2) is 0 Å². The summed E-state index contributed by atoms with van der Waals surface area (Å²) in [7, 11) is 0. The number of likely N-dealkylation sites (tertiary alicyclic amines) is 1. The first-order chi connectivity index (χ1) is 11.3. The smallest absolute Gasteiger partial charge is 0.0866 e. The van der Waals surface area contributed by atoms with E-state index in [2.05, 4.69) is 35.2 Å². The summed E-state index contributed by atoms with van der Waals surface area (Å²) in [5.41, 5.74) is 0.821. The second-order valence-corrected chi connectivity index (χ2v) is 7.75. The molecule has 1 aromatic carbocycles. The van der Waals surface area contributed by atoms with Gasteiger partial charge in [0.2, 0.25) is 0 Å². The van der Waals surface area contributed by atoms with Crippen molar-refractivity contribution in [2.24, 2.45) is 0 Å². The van der Waals surface area contributed by atoms with Gasteiger partial charge in [0, 0.05) is 18.1 Å². The first kappa shape index (κ1) is 16.8. The van der Waals surface area contributed by atoms with Gasteiger partial charge in [-0.2, -0.15) is 5.26 Å². The molecule has 0 saturated carbocycles. The number of hydrogen-bond acceptors (Lipinski definition) is 4. The summed E-state index contributed by atoms with van der Waals surface area (Å²) in [5.74, 6) is 1.17. The van der Waals surface area contributed by atoms with Gasteiger partial charge in [0.05, 0.1) is 11.5 Å². The maximum atomic E-state index is 9.63. The van der Waals surface area contributed by atoms with E-state index in [9.17, 15) is 5.26 Å². The van der Waals surface area contributed by atoms with Crippen LogP contribution in [0, 0.1) is 11.3 Å². The Morgan fingerprint density at radius 3 is 2.48 bits per heavy atom. The predicted octanol–water partition coefficient (Wildman–Crippen LogP) is 3.84. The molecule has 124 valence electrons. The van der Waals surface area contributed by atoms with E-state index in [1.54, 1.807) is 0 Å². The minimum absolute atomic E-state index is 0.336. The third-order valence-electron chi connectivity index (χ3n) is 5.05. The van der Waals surface area contributed by atoms with Crippen molar-refractivity contribution in [1.82, 2.24) is 4.90 Å². The first-order valence-electron chi connectivity index (χ1n) is 8.77. The molecule has 3 nitrogen and oxygen atoms in total. The van der Waals surface area contributed by atoms with E-state index in [4.69, 9.17) is 4.74 Å². The molecule has 2 fully saturated rings. The molecule has 0 N–H and O–H groups in total. The van der Waals surface area contributed by atoms with Crippen LogP contribution in [0.25, 0.3) is 0 Å². The Balaban J connectivity index is 1.49. The molecular formula is C19H26N2OS. The molecule has 0 atom stereocenters. The fourth-order valence-electron chi connectivity index (χ4n) is 3.54. The number of rotatable bonds is 6. The molecule has 0 radical (unpaired) electrons. The highest BCUT2D eigenvalue weighted by Gasteiger charge is 2.34. The van der Waals surface area contributed by atoms with Crippen LogP contribution < -0.4 is 0 Å². The third kappa shape index (κ3) is 4.29. The largest absolute Gasteiger partial charge is 0.381 e. The van der Waals surface area contributed by atoms with E-state index < -0.39 is 0 Å². The molecule has 2 heterocycles. The van der Waals surface area contributed by atoms with Gasteiger partial charge in [-0.1, -0.05) is 12.1 Å². The van der Waals surface area contributed by atoms with Crippen LogP contribution in [0.3, 0.4) is 0 Å². The minimum atomic E-state index is -0.336. The number of ether oxygens (including phenoxy) is 1. The van der Waals surface area contributed by atoms with Crippen LogP contribution >= 0.6 is 11.8 Å². The van der Waals surface area contributed by atoms with E-state index in [0.717, 1.165) is 18.4 Å². The van der Waals surface area contributed by atoms with Crippen molar-refractivity contribution < 1.29 is 4.74 Å². The monoisotopic (exact) mass is 330 g/mol. The fourth-order valence-corrected chi connectivity index (χ4v) is 4.38. The molecule has 2 saturated heterocycles. The highest BCUT2D eigenvalue weighted by Crippen LogP contribution is 2.35. The zero-order valence-electron chi connectivity index (χ0n) is 13.8. The second kappa shape index (κ2) is 8.19. The summed E-state index contributed by atoms with van der Waals surface area (Å²) in [6, 6.07) is 11.2. The van der Waals surface area contributed by atoms with Crippen molar-refractivity contribution in [3.8, 4) is 6.07 Å². The van der Waals surface area contributed by atoms with Gasteiger partial charge in [0.15, 0.2) is 0 Å². The molecule has 0 spiro atoms. The minimum Gasteiger partial charge on any atom is -0.381 e. The molecule has 3 rings (SSSR count). The zero-order chi connectivity index (χ0) is 16.0. The summed E-state index contributed by atoms with van der Waals surface area (Å²) in [6.07, 6.45) is 5.63. The van der Waals surface area contributed by atoms with Crippen molar-refractivity contribution in [3.63, 3.8) is 0 Å². The summed E-state index contributed by atoms with van der Waals surface area (Å²) in [4.78, 5) is 3.89. The van der Waals surface area contributed by atoms with Gasteiger partial charge in [-0.3, -0.25) is 0 Å². The average molecular weight is 330 g/mol. The number of hydrogen-bond donors (Lipinski definition) is 0. The summed E-state index contributed by atoms with van der Waals surface area (Å²) < 4.78 is 5.42. The van der Waals surface area contributed by atoms with Crippen LogP contribution in [-0.4, -0.2) is 43.5 Å². The topological polar surface area (TPSA) is 36.3 Å². The average Bonchev–Trinajstić information content (AvgIpc) is 3.13. The van der Waals surface area contributed by atoms with E-state index in [1.165, 1.54) is 49.5 Å². The number of benzene rings is 1. The van der Waals surface area contributed by atoms with Crippen molar-refractivity contribution in [3.05, 3.63) is 29.8 Å². The van der Waals surface area contributed by atoms with E-state index in [-0.39, 0.29) is 5.41 Å². The van der Waals surface area contributed by atoms with Crippen LogP contribution in [0.15, 0.2) is 29.2 Å². The second-order valence-electron chi connectivity index (χ2n) is 6.58. The summed E-state index contributed by atoms with van der Waals surface area (Å²) >= 11 is 1.93. The number of nitrogens with zero attached hydrogens (tertiary/aromatic N) is 2. The van der Waals surface area contributed by atoms with Gasteiger partial charge < -0.3 is 9.64 Å². The Kier molecular flexibility index (Phi) is 5.99. The van der Waals surface area contributed by atoms with Crippen LogP contribution in [0.5, 0.6) is 0 Å². The number of nitriles is 1. The molecule has 0 aromatic heterocycles. The van der Waals surface area contributed by atoms with E-state index in [1.807, 2.05) is 11.8 Å². The molecule has 23 heavy (non-hydrogen) atoms. The zero-order valence-corrected chi connectivity index (χ0v) is 14.6. The Labute approximate surface area is 144 Å². The molecule has 2 aliphatic heterocycles. The van der Waals surface area contributed by atoms with Crippen molar-refractivity contribution in [1.29, 1.82) is 5.26 Å². The lowest BCUT2D eigenvalue weighted by atomic mass is 9.75. The molecule has 0 amide bonds. The lowest BCUT2D eigenvalue weighted by molar-refractivity contribution is 0.0675. The Bertz CT molecular complexity index is 525. The van der Waals surface area contributed by atoms with Gasteiger partial charge in [0.1, 0.15) is 0 Å². The Morgan fingerprint density at radius 1 is 1.13 bits per heavy atom. The van der Waals surface area contributed by atoms with Crippen LogP contribution in [0.4, 0.5) is 0 Å². The molecule has 0 unspecified atom stereocenters. The molecule has 0 bridgehead atoms. The molecule has 4 heteroatoms. The molecule has 2 aliphatic rings. The summed E-state index contributed by atoms with van der Waals surface area (Å²) in [5, 5.41) is 9.63. The van der Waals surface area contributed by atoms with Crippen LogP contribution in [0.2, 0.25) is 0 Å². The lowest BCUT2D eigenvalue weighted by Gasteiger charge is -2.31. The van der Waals surface area contributed by atoms with Gasteiger partial charge in [-0.05, 0) is 75.2 Å².